The minimum absolute atomic E-state index is 0.0949. The predicted molar refractivity (Wildman–Crippen MR) is 77.3 cm³/mol. The first kappa shape index (κ1) is 14.7. The first-order valence-electron chi connectivity index (χ1n) is 7.00. The number of nitrogens with zero attached hydrogens (tertiary/aromatic N) is 1. The van der Waals surface area contributed by atoms with E-state index in [0.717, 1.165) is 25.1 Å². The number of carbonyl (C=O) groups excluding carboxylic acids is 1. The number of pyridine rings is 1. The Bertz CT molecular complexity index is 450. The number of rotatable bonds is 5. The number of nitrogens with two attached hydrogens (primary N) is 1. The van der Waals surface area contributed by atoms with Gasteiger partial charge in [-0.15, -0.1) is 0 Å². The van der Waals surface area contributed by atoms with Gasteiger partial charge in [-0.3, -0.25) is 4.79 Å². The Morgan fingerprint density at radius 3 is 3.00 bits per heavy atom. The number of hydrogen-bond donors (Lipinski definition) is 3. The summed E-state index contributed by atoms with van der Waals surface area (Å²) in [5.41, 5.74) is 3.91. The second kappa shape index (κ2) is 6.67. The van der Waals surface area contributed by atoms with Crippen molar-refractivity contribution in [2.75, 3.05) is 18.6 Å². The quantitative estimate of drug-likeness (QED) is 0.554. The van der Waals surface area contributed by atoms with E-state index in [-0.39, 0.29) is 11.9 Å². The molecule has 1 fully saturated rings. The molecule has 1 amide bonds. The lowest BCUT2D eigenvalue weighted by Gasteiger charge is -2.19. The van der Waals surface area contributed by atoms with E-state index in [2.05, 4.69) is 15.7 Å². The molecule has 0 bridgehead atoms. The van der Waals surface area contributed by atoms with E-state index in [4.69, 9.17) is 10.6 Å². The molecule has 1 aliphatic heterocycles. The summed E-state index contributed by atoms with van der Waals surface area (Å²) in [5.74, 6) is 6.18. The molecule has 0 spiro atoms. The standard InChI is InChI=1S/C14H22N4O2/c1-3-12-6-11(7-13(17-12)18-15)14(19)16-9(2)10-4-5-20-8-10/h6-7,9-10H,3-5,8,15H2,1-2H3,(H,16,19)(H,17,18). The molecule has 0 saturated carbocycles. The van der Waals surface area contributed by atoms with Crippen molar-refractivity contribution in [2.24, 2.45) is 11.8 Å². The topological polar surface area (TPSA) is 89.3 Å². The van der Waals surface area contributed by atoms with Gasteiger partial charge < -0.3 is 15.5 Å². The first-order chi connectivity index (χ1) is 9.63. The number of nitrogen functional groups attached to an aromatic ring is 1. The summed E-state index contributed by atoms with van der Waals surface area (Å²) in [4.78, 5) is 16.6. The molecule has 20 heavy (non-hydrogen) atoms. The van der Waals surface area contributed by atoms with Crippen molar-refractivity contribution in [3.63, 3.8) is 0 Å². The minimum Gasteiger partial charge on any atom is -0.381 e. The van der Waals surface area contributed by atoms with Crippen LogP contribution in [0.3, 0.4) is 0 Å². The zero-order valence-electron chi connectivity index (χ0n) is 12.0. The lowest BCUT2D eigenvalue weighted by Crippen LogP contribution is -2.38. The molecule has 2 atom stereocenters. The van der Waals surface area contributed by atoms with Gasteiger partial charge in [0.1, 0.15) is 5.82 Å². The lowest BCUT2D eigenvalue weighted by molar-refractivity contribution is 0.0922. The molecule has 1 saturated heterocycles. The van der Waals surface area contributed by atoms with Crippen LogP contribution in [0.15, 0.2) is 12.1 Å². The largest absolute Gasteiger partial charge is 0.381 e. The van der Waals surface area contributed by atoms with Gasteiger partial charge in [-0.05, 0) is 31.9 Å². The van der Waals surface area contributed by atoms with Crippen LogP contribution in [-0.4, -0.2) is 30.1 Å². The van der Waals surface area contributed by atoms with Gasteiger partial charge in [-0.1, -0.05) is 6.92 Å². The summed E-state index contributed by atoms with van der Waals surface area (Å²) in [7, 11) is 0. The van der Waals surface area contributed by atoms with Crippen LogP contribution >= 0.6 is 0 Å². The third-order valence-electron chi connectivity index (χ3n) is 3.68. The number of carbonyl (C=O) groups is 1. The van der Waals surface area contributed by atoms with Gasteiger partial charge in [0.2, 0.25) is 0 Å². The molecule has 2 rings (SSSR count). The van der Waals surface area contributed by atoms with Gasteiger partial charge in [0, 0.05) is 29.8 Å². The molecule has 0 aliphatic carbocycles. The average molecular weight is 278 g/mol. The van der Waals surface area contributed by atoms with Gasteiger partial charge in [-0.25, -0.2) is 10.8 Å². The Kier molecular flexibility index (Phi) is 4.92. The molecule has 2 heterocycles. The zero-order valence-corrected chi connectivity index (χ0v) is 12.0. The van der Waals surface area contributed by atoms with Crippen molar-refractivity contribution in [3.05, 3.63) is 23.4 Å². The number of aromatic nitrogens is 1. The number of amides is 1. The molecule has 4 N–H and O–H groups in total. The Morgan fingerprint density at radius 1 is 1.60 bits per heavy atom. The molecule has 1 aromatic heterocycles. The van der Waals surface area contributed by atoms with E-state index in [1.807, 2.05) is 13.8 Å². The summed E-state index contributed by atoms with van der Waals surface area (Å²) >= 11 is 0. The highest BCUT2D eigenvalue weighted by molar-refractivity contribution is 5.95. The minimum atomic E-state index is -0.0991. The first-order valence-corrected chi connectivity index (χ1v) is 7.00. The van der Waals surface area contributed by atoms with Gasteiger partial charge in [-0.2, -0.15) is 0 Å². The molecule has 0 radical (unpaired) electrons. The van der Waals surface area contributed by atoms with Crippen LogP contribution in [-0.2, 0) is 11.2 Å². The molecule has 6 nitrogen and oxygen atoms in total. The molecule has 1 aromatic rings. The van der Waals surface area contributed by atoms with Crippen LogP contribution in [0.4, 0.5) is 5.82 Å². The molecule has 6 heteroatoms. The third-order valence-corrected chi connectivity index (χ3v) is 3.68. The summed E-state index contributed by atoms with van der Waals surface area (Å²) in [5, 5.41) is 3.03. The number of hydrazine groups is 1. The molecule has 1 aliphatic rings. The normalized spacial score (nSPS) is 19.6. The van der Waals surface area contributed by atoms with E-state index in [1.165, 1.54) is 0 Å². The van der Waals surface area contributed by atoms with Crippen LogP contribution in [0.1, 0.15) is 36.3 Å². The highest BCUT2D eigenvalue weighted by Gasteiger charge is 2.24. The Hall–Kier alpha value is -1.66. The summed E-state index contributed by atoms with van der Waals surface area (Å²) < 4.78 is 5.35. The van der Waals surface area contributed by atoms with E-state index in [0.29, 0.717) is 23.9 Å². The number of hydrogen-bond acceptors (Lipinski definition) is 5. The number of nitrogens with one attached hydrogen (secondary N) is 2. The summed E-state index contributed by atoms with van der Waals surface area (Å²) in [6.07, 6.45) is 1.75. The second-order valence-corrected chi connectivity index (χ2v) is 5.12. The van der Waals surface area contributed by atoms with E-state index in [1.54, 1.807) is 12.1 Å². The van der Waals surface area contributed by atoms with Crippen molar-refractivity contribution in [1.29, 1.82) is 0 Å². The fourth-order valence-corrected chi connectivity index (χ4v) is 2.33. The van der Waals surface area contributed by atoms with Crippen molar-refractivity contribution < 1.29 is 9.53 Å². The van der Waals surface area contributed by atoms with Crippen LogP contribution < -0.4 is 16.6 Å². The number of anilines is 1. The van der Waals surface area contributed by atoms with Gasteiger partial charge in [0.15, 0.2) is 0 Å². The maximum absolute atomic E-state index is 12.3. The molecular formula is C14H22N4O2. The SMILES string of the molecule is CCc1cc(C(=O)NC(C)C2CCOC2)cc(NN)n1. The van der Waals surface area contributed by atoms with Crippen LogP contribution in [0, 0.1) is 5.92 Å². The highest BCUT2D eigenvalue weighted by atomic mass is 16.5. The van der Waals surface area contributed by atoms with Crippen LogP contribution in [0.5, 0.6) is 0 Å². The summed E-state index contributed by atoms with van der Waals surface area (Å²) in [6, 6.07) is 3.55. The molecule has 0 aromatic carbocycles. The zero-order chi connectivity index (χ0) is 14.5. The molecule has 110 valence electrons. The van der Waals surface area contributed by atoms with Gasteiger partial charge in [0.05, 0.1) is 6.61 Å². The predicted octanol–water partition coefficient (Wildman–Crippen LogP) is 1.08. The molecular weight excluding hydrogens is 256 g/mol. The monoisotopic (exact) mass is 278 g/mol. The Morgan fingerprint density at radius 2 is 2.40 bits per heavy atom. The number of aryl methyl sites for hydroxylation is 1. The van der Waals surface area contributed by atoms with E-state index >= 15 is 0 Å². The van der Waals surface area contributed by atoms with Crippen molar-refractivity contribution in [2.45, 2.75) is 32.7 Å². The fraction of sp³-hybridized carbons (Fsp3) is 0.571. The van der Waals surface area contributed by atoms with Crippen LogP contribution in [0.25, 0.3) is 0 Å². The Labute approximate surface area is 119 Å². The van der Waals surface area contributed by atoms with Gasteiger partial charge in [0.25, 0.3) is 5.91 Å². The maximum atomic E-state index is 12.3. The fourth-order valence-electron chi connectivity index (χ4n) is 2.33. The van der Waals surface area contributed by atoms with Crippen molar-refractivity contribution in [3.8, 4) is 0 Å². The molecule has 2 unspecified atom stereocenters. The van der Waals surface area contributed by atoms with E-state index < -0.39 is 0 Å². The van der Waals surface area contributed by atoms with Crippen molar-refractivity contribution in [1.82, 2.24) is 10.3 Å². The average Bonchev–Trinajstić information content (AvgIpc) is 3.00. The van der Waals surface area contributed by atoms with E-state index in [9.17, 15) is 4.79 Å². The second-order valence-electron chi connectivity index (χ2n) is 5.12. The maximum Gasteiger partial charge on any atom is 0.251 e. The van der Waals surface area contributed by atoms with Crippen LogP contribution in [0.2, 0.25) is 0 Å². The van der Waals surface area contributed by atoms with Crippen molar-refractivity contribution >= 4 is 11.7 Å². The number of ether oxygens (including phenoxy) is 1. The third kappa shape index (κ3) is 3.46. The lowest BCUT2D eigenvalue weighted by atomic mass is 10.0. The highest BCUT2D eigenvalue weighted by Crippen LogP contribution is 2.17. The smallest absolute Gasteiger partial charge is 0.251 e. The Balaban J connectivity index is 2.07. The summed E-state index contributed by atoms with van der Waals surface area (Å²) in [6.45, 7) is 5.50. The van der Waals surface area contributed by atoms with Gasteiger partial charge >= 0.3 is 0 Å².